The molecular formula is C15H29NO4. The summed E-state index contributed by atoms with van der Waals surface area (Å²) in [4.78, 5) is 11.6. The Kier molecular flexibility index (Phi) is 7.48. The fourth-order valence-electron chi connectivity index (χ4n) is 2.70. The third-order valence-corrected chi connectivity index (χ3v) is 4.10. The van der Waals surface area contributed by atoms with Crippen molar-refractivity contribution >= 4 is 5.97 Å². The van der Waals surface area contributed by atoms with Gasteiger partial charge in [-0.15, -0.1) is 0 Å². The van der Waals surface area contributed by atoms with Crippen LogP contribution in [-0.2, 0) is 9.53 Å². The fraction of sp³-hybridized carbons (Fsp3) is 0.933. The third-order valence-electron chi connectivity index (χ3n) is 4.10. The number of nitrogens with one attached hydrogen (secondary N) is 1. The number of carbonyl (C=O) groups is 1. The van der Waals surface area contributed by atoms with E-state index >= 15 is 0 Å². The topological polar surface area (TPSA) is 78.8 Å². The van der Waals surface area contributed by atoms with Crippen molar-refractivity contribution in [2.75, 3.05) is 26.3 Å². The second-order valence-corrected chi connectivity index (χ2v) is 6.00. The smallest absolute Gasteiger partial charge is 0.308 e. The first-order valence-electron chi connectivity index (χ1n) is 7.71. The Morgan fingerprint density at radius 1 is 1.45 bits per heavy atom. The SMILES string of the molecule is CCOC(=O)C1CCC(O)(CNCC(C)CCO)CC1. The lowest BCUT2D eigenvalue weighted by molar-refractivity contribution is -0.151. The van der Waals surface area contributed by atoms with E-state index in [-0.39, 0.29) is 18.5 Å². The lowest BCUT2D eigenvalue weighted by Crippen LogP contribution is -2.45. The number of aliphatic hydroxyl groups excluding tert-OH is 1. The molecule has 0 aromatic carbocycles. The first-order valence-corrected chi connectivity index (χ1v) is 7.71. The Morgan fingerprint density at radius 3 is 2.65 bits per heavy atom. The van der Waals surface area contributed by atoms with E-state index in [9.17, 15) is 9.90 Å². The van der Waals surface area contributed by atoms with E-state index in [1.165, 1.54) is 0 Å². The molecule has 0 aromatic rings. The molecule has 0 saturated heterocycles. The molecule has 1 aliphatic carbocycles. The molecule has 118 valence electrons. The molecule has 0 heterocycles. The minimum absolute atomic E-state index is 0.0523. The molecular weight excluding hydrogens is 258 g/mol. The van der Waals surface area contributed by atoms with E-state index in [0.717, 1.165) is 13.0 Å². The molecule has 0 bridgehead atoms. The lowest BCUT2D eigenvalue weighted by atomic mass is 9.78. The van der Waals surface area contributed by atoms with Gasteiger partial charge in [-0.25, -0.2) is 0 Å². The Bertz CT molecular complexity index is 288. The zero-order valence-corrected chi connectivity index (χ0v) is 12.7. The second-order valence-electron chi connectivity index (χ2n) is 6.00. The van der Waals surface area contributed by atoms with Crippen LogP contribution in [0.1, 0.15) is 46.0 Å². The molecule has 1 rings (SSSR count). The van der Waals surface area contributed by atoms with Crippen molar-refractivity contribution in [2.24, 2.45) is 11.8 Å². The van der Waals surface area contributed by atoms with Gasteiger partial charge < -0.3 is 20.3 Å². The van der Waals surface area contributed by atoms with Crippen molar-refractivity contribution in [1.82, 2.24) is 5.32 Å². The van der Waals surface area contributed by atoms with Gasteiger partial charge in [0.1, 0.15) is 0 Å². The summed E-state index contributed by atoms with van der Waals surface area (Å²) >= 11 is 0. The van der Waals surface area contributed by atoms with Gasteiger partial charge in [-0.1, -0.05) is 6.92 Å². The molecule has 0 radical (unpaired) electrons. The molecule has 20 heavy (non-hydrogen) atoms. The predicted octanol–water partition coefficient (Wildman–Crippen LogP) is 1.08. The zero-order chi connectivity index (χ0) is 15.0. The molecule has 0 spiro atoms. The Morgan fingerprint density at radius 2 is 2.10 bits per heavy atom. The number of aliphatic hydroxyl groups is 2. The summed E-state index contributed by atoms with van der Waals surface area (Å²) in [6.07, 6.45) is 3.44. The summed E-state index contributed by atoms with van der Waals surface area (Å²) in [5, 5.41) is 22.6. The van der Waals surface area contributed by atoms with Crippen molar-refractivity contribution in [2.45, 2.75) is 51.6 Å². The van der Waals surface area contributed by atoms with E-state index < -0.39 is 5.60 Å². The summed E-state index contributed by atoms with van der Waals surface area (Å²) in [5.41, 5.74) is -0.706. The molecule has 1 saturated carbocycles. The highest BCUT2D eigenvalue weighted by Crippen LogP contribution is 2.32. The van der Waals surface area contributed by atoms with Crippen LogP contribution in [-0.4, -0.2) is 48.1 Å². The molecule has 1 atom stereocenters. The van der Waals surface area contributed by atoms with Gasteiger partial charge >= 0.3 is 5.97 Å². The first kappa shape index (κ1) is 17.4. The summed E-state index contributed by atoms with van der Waals surface area (Å²) in [6, 6.07) is 0. The highest BCUT2D eigenvalue weighted by atomic mass is 16.5. The third kappa shape index (κ3) is 5.77. The maximum atomic E-state index is 11.6. The molecule has 0 amide bonds. The Labute approximate surface area is 121 Å². The average molecular weight is 287 g/mol. The van der Waals surface area contributed by atoms with E-state index in [4.69, 9.17) is 9.84 Å². The molecule has 1 unspecified atom stereocenters. The zero-order valence-electron chi connectivity index (χ0n) is 12.7. The molecule has 5 heteroatoms. The number of ether oxygens (including phenoxy) is 1. The van der Waals surface area contributed by atoms with Gasteiger partial charge in [0.15, 0.2) is 0 Å². The van der Waals surface area contributed by atoms with Crippen molar-refractivity contribution in [3.8, 4) is 0 Å². The number of hydrogen-bond acceptors (Lipinski definition) is 5. The van der Waals surface area contributed by atoms with Gasteiger partial charge in [0.2, 0.25) is 0 Å². The maximum absolute atomic E-state index is 11.6. The van der Waals surface area contributed by atoms with Crippen LogP contribution in [0.4, 0.5) is 0 Å². The monoisotopic (exact) mass is 287 g/mol. The number of hydrogen-bond donors (Lipinski definition) is 3. The van der Waals surface area contributed by atoms with Crippen LogP contribution >= 0.6 is 0 Å². The minimum atomic E-state index is -0.706. The first-order chi connectivity index (χ1) is 9.50. The van der Waals surface area contributed by atoms with Gasteiger partial charge in [-0.2, -0.15) is 0 Å². The number of carbonyl (C=O) groups excluding carboxylic acids is 1. The van der Waals surface area contributed by atoms with Crippen LogP contribution in [0.25, 0.3) is 0 Å². The second kappa shape index (κ2) is 8.60. The van der Waals surface area contributed by atoms with Crippen LogP contribution in [0, 0.1) is 11.8 Å². The van der Waals surface area contributed by atoms with E-state index in [0.29, 0.717) is 44.8 Å². The van der Waals surface area contributed by atoms with Crippen molar-refractivity contribution < 1.29 is 19.7 Å². The Hall–Kier alpha value is -0.650. The van der Waals surface area contributed by atoms with Crippen molar-refractivity contribution in [3.63, 3.8) is 0 Å². The van der Waals surface area contributed by atoms with Gasteiger partial charge in [-0.3, -0.25) is 4.79 Å². The maximum Gasteiger partial charge on any atom is 0.308 e. The summed E-state index contributed by atoms with van der Waals surface area (Å²) in [5.74, 6) is 0.224. The number of esters is 1. The molecule has 1 fully saturated rings. The highest BCUT2D eigenvalue weighted by molar-refractivity contribution is 5.72. The van der Waals surface area contributed by atoms with Crippen molar-refractivity contribution in [3.05, 3.63) is 0 Å². The van der Waals surface area contributed by atoms with Gasteiger partial charge in [0, 0.05) is 13.2 Å². The Balaban J connectivity index is 2.26. The average Bonchev–Trinajstić information content (AvgIpc) is 2.40. The highest BCUT2D eigenvalue weighted by Gasteiger charge is 2.36. The fourth-order valence-corrected chi connectivity index (χ4v) is 2.70. The van der Waals surface area contributed by atoms with Crippen LogP contribution < -0.4 is 5.32 Å². The van der Waals surface area contributed by atoms with Crippen LogP contribution in [0.2, 0.25) is 0 Å². The standard InChI is InChI=1S/C15H29NO4/c1-3-20-14(18)13-4-7-15(19,8-5-13)11-16-10-12(2)6-9-17/h12-13,16-17,19H,3-11H2,1-2H3. The summed E-state index contributed by atoms with van der Waals surface area (Å²) in [6.45, 7) is 5.86. The van der Waals surface area contributed by atoms with Gasteiger partial charge in [0.05, 0.1) is 18.1 Å². The molecule has 1 aliphatic rings. The predicted molar refractivity (Wildman–Crippen MR) is 77.3 cm³/mol. The van der Waals surface area contributed by atoms with Gasteiger partial charge in [-0.05, 0) is 51.5 Å². The normalized spacial score (nSPS) is 28.1. The summed E-state index contributed by atoms with van der Waals surface area (Å²) < 4.78 is 5.03. The largest absolute Gasteiger partial charge is 0.466 e. The van der Waals surface area contributed by atoms with E-state index in [1.54, 1.807) is 0 Å². The lowest BCUT2D eigenvalue weighted by Gasteiger charge is -2.35. The molecule has 5 nitrogen and oxygen atoms in total. The molecule has 0 aliphatic heterocycles. The van der Waals surface area contributed by atoms with Crippen LogP contribution in [0.5, 0.6) is 0 Å². The van der Waals surface area contributed by atoms with Crippen LogP contribution in [0.15, 0.2) is 0 Å². The minimum Gasteiger partial charge on any atom is -0.466 e. The van der Waals surface area contributed by atoms with Crippen LogP contribution in [0.3, 0.4) is 0 Å². The summed E-state index contributed by atoms with van der Waals surface area (Å²) in [7, 11) is 0. The molecule has 0 aromatic heterocycles. The quantitative estimate of drug-likeness (QED) is 0.582. The van der Waals surface area contributed by atoms with E-state index in [1.807, 2.05) is 6.92 Å². The van der Waals surface area contributed by atoms with Gasteiger partial charge in [0.25, 0.3) is 0 Å². The molecule has 3 N–H and O–H groups in total. The number of rotatable bonds is 8. The van der Waals surface area contributed by atoms with Crippen molar-refractivity contribution in [1.29, 1.82) is 0 Å². The van der Waals surface area contributed by atoms with E-state index in [2.05, 4.69) is 12.2 Å².